The van der Waals surface area contributed by atoms with Crippen LogP contribution in [-0.4, -0.2) is 39.8 Å². The number of carbonyl (C=O) groups is 1. The Morgan fingerprint density at radius 1 is 1.42 bits per heavy atom. The molecule has 1 amide bonds. The second kappa shape index (κ2) is 7.13. The van der Waals surface area contributed by atoms with Crippen LogP contribution >= 0.6 is 0 Å². The number of aromatic nitrogens is 3. The number of carbonyl (C=O) groups excluding carboxylic acids is 1. The molecule has 6 heteroatoms. The van der Waals surface area contributed by atoms with E-state index < -0.39 is 0 Å². The molecule has 1 atom stereocenters. The van der Waals surface area contributed by atoms with Crippen molar-refractivity contribution in [3.63, 3.8) is 0 Å². The normalized spacial score (nSPS) is 17.4. The third kappa shape index (κ3) is 3.48. The Bertz CT molecular complexity index is 716. The molecule has 0 bridgehead atoms. The molecule has 1 fully saturated rings. The minimum atomic E-state index is -0.215. The maximum atomic E-state index is 12.3. The summed E-state index contributed by atoms with van der Waals surface area (Å²) in [6.07, 6.45) is 2.27. The van der Waals surface area contributed by atoms with Crippen molar-refractivity contribution in [1.82, 2.24) is 25.4 Å². The molecule has 0 radical (unpaired) electrons. The molecule has 1 aromatic heterocycles. The Morgan fingerprint density at radius 3 is 2.92 bits per heavy atom. The zero-order valence-electron chi connectivity index (χ0n) is 14.5. The maximum absolute atomic E-state index is 12.3. The summed E-state index contributed by atoms with van der Waals surface area (Å²) in [6, 6.07) is 8.47. The van der Waals surface area contributed by atoms with Crippen molar-refractivity contribution in [3.8, 4) is 5.69 Å². The minimum absolute atomic E-state index is 0.215. The first-order valence-corrected chi connectivity index (χ1v) is 8.61. The lowest BCUT2D eigenvalue weighted by Gasteiger charge is -2.13. The molecule has 1 aliphatic rings. The fourth-order valence-electron chi connectivity index (χ4n) is 3.11. The van der Waals surface area contributed by atoms with Crippen molar-refractivity contribution in [2.24, 2.45) is 0 Å². The first kappa shape index (κ1) is 16.6. The van der Waals surface area contributed by atoms with Crippen LogP contribution in [0.2, 0.25) is 0 Å². The summed E-state index contributed by atoms with van der Waals surface area (Å²) in [6.45, 7) is 7.81. The number of hydrogen-bond acceptors (Lipinski definition) is 4. The Labute approximate surface area is 142 Å². The number of nitrogens with one attached hydrogen (secondary N) is 2. The number of nitrogens with zero attached hydrogens (tertiary/aromatic N) is 3. The Balaban J connectivity index is 1.78. The quantitative estimate of drug-likeness (QED) is 0.883. The van der Waals surface area contributed by atoms with Crippen LogP contribution in [0.1, 0.15) is 54.6 Å². The van der Waals surface area contributed by atoms with Crippen LogP contribution in [0.25, 0.3) is 5.69 Å². The molecule has 24 heavy (non-hydrogen) atoms. The molecule has 1 unspecified atom stereocenters. The second-order valence-electron chi connectivity index (χ2n) is 6.61. The van der Waals surface area contributed by atoms with E-state index in [1.807, 2.05) is 25.1 Å². The van der Waals surface area contributed by atoms with Crippen molar-refractivity contribution in [2.75, 3.05) is 13.1 Å². The van der Waals surface area contributed by atoms with Gasteiger partial charge in [0.2, 0.25) is 5.82 Å². The zero-order valence-corrected chi connectivity index (χ0v) is 14.5. The summed E-state index contributed by atoms with van der Waals surface area (Å²) in [7, 11) is 0. The third-order valence-electron chi connectivity index (χ3n) is 4.43. The first-order chi connectivity index (χ1) is 11.6. The van der Waals surface area contributed by atoms with Gasteiger partial charge in [0, 0.05) is 12.6 Å². The fourth-order valence-corrected chi connectivity index (χ4v) is 3.11. The molecule has 1 aromatic carbocycles. The summed E-state index contributed by atoms with van der Waals surface area (Å²) >= 11 is 0. The number of amides is 1. The molecule has 2 N–H and O–H groups in total. The van der Waals surface area contributed by atoms with E-state index in [2.05, 4.69) is 40.6 Å². The molecule has 6 nitrogen and oxygen atoms in total. The van der Waals surface area contributed by atoms with Gasteiger partial charge in [-0.1, -0.05) is 32.0 Å². The van der Waals surface area contributed by atoms with E-state index in [0.717, 1.165) is 18.7 Å². The van der Waals surface area contributed by atoms with Crippen molar-refractivity contribution < 1.29 is 4.79 Å². The van der Waals surface area contributed by atoms with E-state index in [1.54, 1.807) is 4.68 Å². The third-order valence-corrected chi connectivity index (χ3v) is 4.43. The van der Waals surface area contributed by atoms with E-state index in [1.165, 1.54) is 12.0 Å². The van der Waals surface area contributed by atoms with Crippen LogP contribution in [0.4, 0.5) is 0 Å². The molecule has 2 aromatic rings. The molecular formula is C18H25N5O. The molecule has 1 saturated heterocycles. The molecule has 3 rings (SSSR count). The van der Waals surface area contributed by atoms with Crippen LogP contribution < -0.4 is 10.6 Å². The fraction of sp³-hybridized carbons (Fsp3) is 0.500. The zero-order chi connectivity index (χ0) is 17.1. The lowest BCUT2D eigenvalue weighted by atomic mass is 10.0. The maximum Gasteiger partial charge on any atom is 0.291 e. The molecule has 0 spiro atoms. The van der Waals surface area contributed by atoms with Crippen LogP contribution in [0.5, 0.6) is 0 Å². The molecule has 0 aliphatic carbocycles. The van der Waals surface area contributed by atoms with Crippen LogP contribution in [0.15, 0.2) is 24.3 Å². The summed E-state index contributed by atoms with van der Waals surface area (Å²) < 4.78 is 1.76. The van der Waals surface area contributed by atoms with Gasteiger partial charge in [0.15, 0.2) is 0 Å². The first-order valence-electron chi connectivity index (χ1n) is 8.61. The van der Waals surface area contributed by atoms with Crippen molar-refractivity contribution in [1.29, 1.82) is 0 Å². The van der Waals surface area contributed by atoms with Crippen LogP contribution in [0, 0.1) is 6.92 Å². The largest absolute Gasteiger partial charge is 0.348 e. The molecule has 1 aliphatic heterocycles. The predicted molar refractivity (Wildman–Crippen MR) is 93.5 cm³/mol. The SMILES string of the molecule is Cc1nc(C(=O)NCC2CCCN2)nn1-c1ccccc1C(C)C. The average Bonchev–Trinajstić information content (AvgIpc) is 3.22. The van der Waals surface area contributed by atoms with E-state index in [-0.39, 0.29) is 11.7 Å². The summed E-state index contributed by atoms with van der Waals surface area (Å²) in [5.41, 5.74) is 2.17. The number of benzene rings is 1. The van der Waals surface area contributed by atoms with Crippen LogP contribution in [-0.2, 0) is 0 Å². The number of para-hydroxylation sites is 1. The van der Waals surface area contributed by atoms with E-state index >= 15 is 0 Å². The van der Waals surface area contributed by atoms with Gasteiger partial charge in [-0.05, 0) is 43.9 Å². The van der Waals surface area contributed by atoms with Gasteiger partial charge in [-0.3, -0.25) is 4.79 Å². The minimum Gasteiger partial charge on any atom is -0.348 e. The molecule has 128 valence electrons. The van der Waals surface area contributed by atoms with Crippen LogP contribution in [0.3, 0.4) is 0 Å². The van der Waals surface area contributed by atoms with Gasteiger partial charge in [-0.25, -0.2) is 9.67 Å². The van der Waals surface area contributed by atoms with Gasteiger partial charge in [-0.15, -0.1) is 5.10 Å². The Kier molecular flexibility index (Phi) is 4.94. The van der Waals surface area contributed by atoms with E-state index in [0.29, 0.717) is 24.3 Å². The highest BCUT2D eigenvalue weighted by Crippen LogP contribution is 2.23. The Morgan fingerprint density at radius 2 is 2.21 bits per heavy atom. The molecular weight excluding hydrogens is 302 g/mol. The monoisotopic (exact) mass is 327 g/mol. The highest BCUT2D eigenvalue weighted by molar-refractivity contribution is 5.90. The van der Waals surface area contributed by atoms with Crippen molar-refractivity contribution in [3.05, 3.63) is 41.5 Å². The number of rotatable bonds is 5. The standard InChI is InChI=1S/C18H25N5O/c1-12(2)15-8-4-5-9-16(15)23-13(3)21-17(22-23)18(24)20-11-14-7-6-10-19-14/h4-5,8-9,12,14,19H,6-7,10-11H2,1-3H3,(H,20,24). The van der Waals surface area contributed by atoms with E-state index in [9.17, 15) is 4.79 Å². The van der Waals surface area contributed by atoms with Gasteiger partial charge in [0.1, 0.15) is 5.82 Å². The summed E-state index contributed by atoms with van der Waals surface area (Å²) in [5, 5.41) is 10.7. The highest BCUT2D eigenvalue weighted by Gasteiger charge is 2.19. The highest BCUT2D eigenvalue weighted by atomic mass is 16.2. The summed E-state index contributed by atoms with van der Waals surface area (Å²) in [4.78, 5) is 16.7. The van der Waals surface area contributed by atoms with Crippen molar-refractivity contribution in [2.45, 2.75) is 45.6 Å². The molecule has 2 heterocycles. The van der Waals surface area contributed by atoms with Gasteiger partial charge in [0.05, 0.1) is 5.69 Å². The Hall–Kier alpha value is -2.21. The smallest absolute Gasteiger partial charge is 0.291 e. The second-order valence-corrected chi connectivity index (χ2v) is 6.61. The van der Waals surface area contributed by atoms with Gasteiger partial charge < -0.3 is 10.6 Å². The lowest BCUT2D eigenvalue weighted by molar-refractivity contribution is 0.0940. The van der Waals surface area contributed by atoms with Gasteiger partial charge in [0.25, 0.3) is 5.91 Å². The van der Waals surface area contributed by atoms with Crippen molar-refractivity contribution >= 4 is 5.91 Å². The number of aryl methyl sites for hydroxylation is 1. The average molecular weight is 327 g/mol. The van der Waals surface area contributed by atoms with E-state index in [4.69, 9.17) is 0 Å². The summed E-state index contributed by atoms with van der Waals surface area (Å²) in [5.74, 6) is 1.10. The topological polar surface area (TPSA) is 71.8 Å². The lowest BCUT2D eigenvalue weighted by Crippen LogP contribution is -2.37. The molecule has 0 saturated carbocycles. The predicted octanol–water partition coefficient (Wildman–Crippen LogP) is 2.18. The van der Waals surface area contributed by atoms with Gasteiger partial charge in [-0.2, -0.15) is 0 Å². The number of hydrogen-bond donors (Lipinski definition) is 2. The van der Waals surface area contributed by atoms with Gasteiger partial charge >= 0.3 is 0 Å².